The van der Waals surface area contributed by atoms with Crippen LogP contribution in [0.15, 0.2) is 24.3 Å². The number of nitrogens with zero attached hydrogens (tertiary/aromatic N) is 3. The van der Waals surface area contributed by atoms with E-state index in [-0.39, 0.29) is 17.7 Å². The fraction of sp³-hybridized carbons (Fsp3) is 0.680. The number of likely N-dealkylation sites (tertiary alicyclic amines) is 2. The number of piperidine rings is 2. The maximum absolute atomic E-state index is 12.8. The van der Waals surface area contributed by atoms with Gasteiger partial charge in [0.2, 0.25) is 5.91 Å². The number of nitrogens with one attached hydrogen (secondary N) is 1. The normalized spacial score (nSPS) is 18.6. The number of carbonyl (C=O) groups is 2. The molecule has 0 aromatic heterocycles. The van der Waals surface area contributed by atoms with Crippen molar-refractivity contribution in [2.45, 2.75) is 52.0 Å². The zero-order chi connectivity index (χ0) is 22.1. The van der Waals surface area contributed by atoms with E-state index in [1.807, 2.05) is 24.1 Å². The minimum absolute atomic E-state index is 0.0995. The predicted molar refractivity (Wildman–Crippen MR) is 125 cm³/mol. The third-order valence-electron chi connectivity index (χ3n) is 6.66. The van der Waals surface area contributed by atoms with Gasteiger partial charge >= 0.3 is 0 Å². The van der Waals surface area contributed by atoms with Gasteiger partial charge in [-0.3, -0.25) is 14.5 Å². The Morgan fingerprint density at radius 3 is 2.32 bits per heavy atom. The molecule has 2 saturated heterocycles. The van der Waals surface area contributed by atoms with Gasteiger partial charge in [0.15, 0.2) is 0 Å². The highest BCUT2D eigenvalue weighted by Crippen LogP contribution is 2.20. The third-order valence-corrected chi connectivity index (χ3v) is 6.66. The molecule has 31 heavy (non-hydrogen) atoms. The van der Waals surface area contributed by atoms with Crippen molar-refractivity contribution in [3.05, 3.63) is 35.4 Å². The van der Waals surface area contributed by atoms with E-state index in [0.717, 1.165) is 77.2 Å². The van der Waals surface area contributed by atoms with E-state index in [4.69, 9.17) is 0 Å². The van der Waals surface area contributed by atoms with Gasteiger partial charge in [-0.05, 0) is 76.0 Å². The number of likely N-dealkylation sites (N-methyl/N-ethyl adjacent to an activating group) is 1. The molecule has 0 aliphatic carbocycles. The first-order valence-electron chi connectivity index (χ1n) is 12.1. The summed E-state index contributed by atoms with van der Waals surface area (Å²) in [6, 6.07) is 8.07. The monoisotopic (exact) mass is 428 g/mol. The number of hydrogen-bond acceptors (Lipinski definition) is 4. The van der Waals surface area contributed by atoms with Gasteiger partial charge in [0.25, 0.3) is 5.91 Å². The van der Waals surface area contributed by atoms with Crippen molar-refractivity contribution in [3.8, 4) is 0 Å². The van der Waals surface area contributed by atoms with E-state index in [9.17, 15) is 9.59 Å². The second-order valence-electron chi connectivity index (χ2n) is 9.17. The van der Waals surface area contributed by atoms with Gasteiger partial charge in [-0.25, -0.2) is 0 Å². The molecule has 1 aromatic carbocycles. The summed E-state index contributed by atoms with van der Waals surface area (Å²) >= 11 is 0. The molecule has 172 valence electrons. The molecule has 2 amide bonds. The number of amides is 2. The second-order valence-corrected chi connectivity index (χ2v) is 9.17. The summed E-state index contributed by atoms with van der Waals surface area (Å²) in [7, 11) is 1.90. The average Bonchev–Trinajstić information content (AvgIpc) is 2.82. The molecule has 1 N–H and O–H groups in total. The first kappa shape index (κ1) is 23.7. The van der Waals surface area contributed by atoms with Crippen molar-refractivity contribution in [1.82, 2.24) is 20.0 Å². The largest absolute Gasteiger partial charge is 0.356 e. The summed E-state index contributed by atoms with van der Waals surface area (Å²) < 4.78 is 0. The molecule has 0 spiro atoms. The molecule has 0 saturated carbocycles. The van der Waals surface area contributed by atoms with Crippen molar-refractivity contribution in [3.63, 3.8) is 0 Å². The van der Waals surface area contributed by atoms with E-state index >= 15 is 0 Å². The third kappa shape index (κ3) is 7.32. The van der Waals surface area contributed by atoms with E-state index < -0.39 is 0 Å². The summed E-state index contributed by atoms with van der Waals surface area (Å²) in [5.41, 5.74) is 1.98. The van der Waals surface area contributed by atoms with Crippen molar-refractivity contribution in [2.75, 3.05) is 52.9 Å². The zero-order valence-electron chi connectivity index (χ0n) is 19.4. The van der Waals surface area contributed by atoms with E-state index in [1.165, 1.54) is 24.8 Å². The van der Waals surface area contributed by atoms with Crippen LogP contribution in [0.25, 0.3) is 0 Å². The summed E-state index contributed by atoms with van der Waals surface area (Å²) in [5, 5.41) is 3.02. The lowest BCUT2D eigenvalue weighted by molar-refractivity contribution is -0.126. The zero-order valence-corrected chi connectivity index (χ0v) is 19.4. The quantitative estimate of drug-likeness (QED) is 0.657. The van der Waals surface area contributed by atoms with Crippen LogP contribution in [0, 0.1) is 5.92 Å². The van der Waals surface area contributed by atoms with Crippen LogP contribution in [-0.2, 0) is 11.3 Å². The Hall–Kier alpha value is -1.92. The Morgan fingerprint density at radius 1 is 1.00 bits per heavy atom. The number of benzene rings is 1. The molecule has 6 nitrogen and oxygen atoms in total. The molecule has 1 aromatic rings. The Bertz CT molecular complexity index is 692. The minimum atomic E-state index is 0.0995. The van der Waals surface area contributed by atoms with E-state index in [0.29, 0.717) is 0 Å². The first-order chi connectivity index (χ1) is 15.1. The highest BCUT2D eigenvalue weighted by Gasteiger charge is 2.24. The Morgan fingerprint density at radius 2 is 1.68 bits per heavy atom. The van der Waals surface area contributed by atoms with Crippen LogP contribution in [0.1, 0.15) is 61.4 Å². The Kier molecular flexibility index (Phi) is 9.34. The summed E-state index contributed by atoms with van der Waals surface area (Å²) in [6.07, 6.45) is 6.73. The molecule has 0 unspecified atom stereocenters. The van der Waals surface area contributed by atoms with Crippen molar-refractivity contribution >= 4 is 11.8 Å². The number of rotatable bonds is 9. The van der Waals surface area contributed by atoms with Crippen LogP contribution in [-0.4, -0.2) is 79.4 Å². The van der Waals surface area contributed by atoms with Crippen molar-refractivity contribution < 1.29 is 9.59 Å². The molecule has 0 radical (unpaired) electrons. The fourth-order valence-corrected chi connectivity index (χ4v) is 4.55. The van der Waals surface area contributed by atoms with Gasteiger partial charge in [0.05, 0.1) is 0 Å². The lowest BCUT2D eigenvalue weighted by Crippen LogP contribution is -2.40. The van der Waals surface area contributed by atoms with Gasteiger partial charge in [0, 0.05) is 44.7 Å². The first-order valence-corrected chi connectivity index (χ1v) is 12.1. The van der Waals surface area contributed by atoms with Crippen LogP contribution in [0.4, 0.5) is 0 Å². The molecule has 2 aliphatic rings. The molecule has 0 atom stereocenters. The maximum Gasteiger partial charge on any atom is 0.253 e. The van der Waals surface area contributed by atoms with Gasteiger partial charge < -0.3 is 15.1 Å². The Labute approximate surface area is 188 Å². The highest BCUT2D eigenvalue weighted by atomic mass is 16.2. The fourth-order valence-electron chi connectivity index (χ4n) is 4.55. The maximum atomic E-state index is 12.8. The van der Waals surface area contributed by atoms with Crippen LogP contribution >= 0.6 is 0 Å². The topological polar surface area (TPSA) is 55.9 Å². The molecule has 2 heterocycles. The van der Waals surface area contributed by atoms with Crippen LogP contribution in [0.2, 0.25) is 0 Å². The molecule has 2 aliphatic heterocycles. The van der Waals surface area contributed by atoms with Gasteiger partial charge in [0.1, 0.15) is 0 Å². The van der Waals surface area contributed by atoms with Crippen molar-refractivity contribution in [2.24, 2.45) is 5.92 Å². The molecular weight excluding hydrogens is 388 g/mol. The van der Waals surface area contributed by atoms with E-state index in [1.54, 1.807) is 0 Å². The second kappa shape index (κ2) is 12.2. The number of hydrogen-bond donors (Lipinski definition) is 1. The standard InChI is InChI=1S/C25H40N4O2/c1-3-13-26-24(30)22-11-16-29(17-12-22)20-21-7-9-23(10-8-21)25(31)27(2)18-19-28-14-5-4-6-15-28/h7-10,22H,3-6,11-20H2,1-2H3,(H,26,30). The summed E-state index contributed by atoms with van der Waals surface area (Å²) in [5.74, 6) is 0.472. The summed E-state index contributed by atoms with van der Waals surface area (Å²) in [4.78, 5) is 31.6. The van der Waals surface area contributed by atoms with E-state index in [2.05, 4.69) is 34.2 Å². The van der Waals surface area contributed by atoms with Gasteiger partial charge in [-0.2, -0.15) is 0 Å². The van der Waals surface area contributed by atoms with Crippen LogP contribution in [0.5, 0.6) is 0 Å². The van der Waals surface area contributed by atoms with Gasteiger partial charge in [-0.15, -0.1) is 0 Å². The SMILES string of the molecule is CCCNC(=O)C1CCN(Cc2ccc(C(=O)N(C)CCN3CCCCC3)cc2)CC1. The van der Waals surface area contributed by atoms with Crippen LogP contribution in [0.3, 0.4) is 0 Å². The smallest absolute Gasteiger partial charge is 0.253 e. The van der Waals surface area contributed by atoms with Gasteiger partial charge in [-0.1, -0.05) is 25.5 Å². The van der Waals surface area contributed by atoms with Crippen molar-refractivity contribution in [1.29, 1.82) is 0 Å². The molecule has 3 rings (SSSR count). The Balaban J connectivity index is 1.41. The molecule has 2 fully saturated rings. The highest BCUT2D eigenvalue weighted by molar-refractivity contribution is 5.94. The molecule has 6 heteroatoms. The lowest BCUT2D eigenvalue weighted by Gasteiger charge is -2.31. The lowest BCUT2D eigenvalue weighted by atomic mass is 9.95. The molecule has 0 bridgehead atoms. The average molecular weight is 429 g/mol. The number of carbonyl (C=O) groups excluding carboxylic acids is 2. The summed E-state index contributed by atoms with van der Waals surface area (Å²) in [6.45, 7) is 9.70. The van der Waals surface area contributed by atoms with Crippen LogP contribution < -0.4 is 5.32 Å². The predicted octanol–water partition coefficient (Wildman–Crippen LogP) is 2.98. The minimum Gasteiger partial charge on any atom is -0.356 e. The molecular formula is C25H40N4O2.